The van der Waals surface area contributed by atoms with Crippen molar-refractivity contribution in [3.8, 4) is 0 Å². The van der Waals surface area contributed by atoms with Crippen molar-refractivity contribution in [2.45, 2.75) is 6.04 Å². The van der Waals surface area contributed by atoms with Crippen molar-refractivity contribution in [2.75, 3.05) is 40.3 Å². The minimum Gasteiger partial charge on any atom is -0.468 e. The van der Waals surface area contributed by atoms with Crippen LogP contribution in [-0.2, 0) is 9.53 Å². The number of carbonyl (C=O) groups is 1. The molecule has 18 heavy (non-hydrogen) atoms. The number of nitrogens with zero attached hydrogens (tertiary/aromatic N) is 2. The fourth-order valence-electron chi connectivity index (χ4n) is 2.37. The van der Waals surface area contributed by atoms with E-state index in [-0.39, 0.29) is 12.0 Å². The smallest absolute Gasteiger partial charge is 0.319 e. The van der Waals surface area contributed by atoms with E-state index in [1.807, 2.05) is 18.2 Å². The van der Waals surface area contributed by atoms with Gasteiger partial charge in [0.1, 0.15) is 0 Å². The fourth-order valence-corrected chi connectivity index (χ4v) is 2.37. The zero-order valence-electron chi connectivity index (χ0n) is 11.0. The van der Waals surface area contributed by atoms with Crippen LogP contribution in [0.5, 0.6) is 0 Å². The molecule has 1 aromatic carbocycles. The minimum atomic E-state index is -0.166. The lowest BCUT2D eigenvalue weighted by Crippen LogP contribution is -2.48. The third-order valence-corrected chi connectivity index (χ3v) is 3.44. The van der Waals surface area contributed by atoms with Crippen LogP contribution < -0.4 is 0 Å². The summed E-state index contributed by atoms with van der Waals surface area (Å²) >= 11 is 0. The Morgan fingerprint density at radius 1 is 1.33 bits per heavy atom. The van der Waals surface area contributed by atoms with Gasteiger partial charge in [-0.2, -0.15) is 0 Å². The fraction of sp³-hybridized carbons (Fsp3) is 0.500. The molecule has 1 aromatic rings. The van der Waals surface area contributed by atoms with Crippen LogP contribution in [0.25, 0.3) is 0 Å². The van der Waals surface area contributed by atoms with E-state index in [9.17, 15) is 4.79 Å². The lowest BCUT2D eigenvalue weighted by molar-refractivity contribution is -0.143. The van der Waals surface area contributed by atoms with Crippen molar-refractivity contribution in [2.24, 2.45) is 0 Å². The van der Waals surface area contributed by atoms with E-state index in [4.69, 9.17) is 4.74 Å². The molecule has 1 fully saturated rings. The van der Waals surface area contributed by atoms with Crippen molar-refractivity contribution in [1.82, 2.24) is 9.80 Å². The average Bonchev–Trinajstić information content (AvgIpc) is 2.41. The lowest BCUT2D eigenvalue weighted by atomic mass is 10.0. The largest absolute Gasteiger partial charge is 0.468 e. The Bertz CT molecular complexity index is 394. The Hall–Kier alpha value is -1.39. The Kier molecular flexibility index (Phi) is 4.33. The Balaban J connectivity index is 2.13. The third kappa shape index (κ3) is 3.09. The van der Waals surface area contributed by atoms with Gasteiger partial charge in [-0.15, -0.1) is 0 Å². The molecule has 4 heteroatoms. The van der Waals surface area contributed by atoms with Gasteiger partial charge in [-0.1, -0.05) is 30.3 Å². The first kappa shape index (κ1) is 13.1. The Labute approximate surface area is 108 Å². The van der Waals surface area contributed by atoms with Gasteiger partial charge in [0.2, 0.25) is 0 Å². The zero-order chi connectivity index (χ0) is 13.0. The van der Waals surface area contributed by atoms with Gasteiger partial charge in [0.05, 0.1) is 13.7 Å². The second kappa shape index (κ2) is 5.98. The summed E-state index contributed by atoms with van der Waals surface area (Å²) in [5, 5.41) is 0. The molecule has 0 spiro atoms. The molecule has 1 saturated heterocycles. The topological polar surface area (TPSA) is 32.8 Å². The van der Waals surface area contributed by atoms with Crippen LogP contribution in [-0.4, -0.2) is 56.1 Å². The van der Waals surface area contributed by atoms with Crippen LogP contribution in [0.1, 0.15) is 11.6 Å². The van der Waals surface area contributed by atoms with Gasteiger partial charge in [0, 0.05) is 25.7 Å². The number of hydrogen-bond acceptors (Lipinski definition) is 4. The number of ether oxygens (including phenoxy) is 1. The highest BCUT2D eigenvalue weighted by molar-refractivity contribution is 5.71. The predicted molar refractivity (Wildman–Crippen MR) is 70.3 cm³/mol. The van der Waals surface area contributed by atoms with Crippen molar-refractivity contribution >= 4 is 5.97 Å². The van der Waals surface area contributed by atoms with E-state index >= 15 is 0 Å². The summed E-state index contributed by atoms with van der Waals surface area (Å²) in [6, 6.07) is 10.6. The summed E-state index contributed by atoms with van der Waals surface area (Å²) in [7, 11) is 3.56. The van der Waals surface area contributed by atoms with Crippen LogP contribution in [0.4, 0.5) is 0 Å². The highest BCUT2D eigenvalue weighted by Crippen LogP contribution is 2.24. The zero-order valence-corrected chi connectivity index (χ0v) is 11.0. The molecule has 0 aromatic heterocycles. The predicted octanol–water partition coefficient (Wildman–Crippen LogP) is 1.15. The summed E-state index contributed by atoms with van der Waals surface area (Å²) in [6.07, 6.45) is 0. The molecule has 1 heterocycles. The molecule has 1 aliphatic rings. The number of benzene rings is 1. The molecule has 0 radical (unpaired) electrons. The normalized spacial score (nSPS) is 21.8. The number of likely N-dealkylation sites (N-methyl/N-ethyl adjacent to an activating group) is 1. The molecular weight excluding hydrogens is 228 g/mol. The molecule has 0 bridgehead atoms. The van der Waals surface area contributed by atoms with Gasteiger partial charge < -0.3 is 9.64 Å². The first-order valence-corrected chi connectivity index (χ1v) is 6.25. The summed E-state index contributed by atoms with van der Waals surface area (Å²) in [5.74, 6) is -0.166. The molecule has 0 N–H and O–H groups in total. The van der Waals surface area contributed by atoms with Crippen molar-refractivity contribution in [3.05, 3.63) is 35.9 Å². The SMILES string of the molecule is COC(=O)CN1CCN(C)CC1c1ccccc1. The molecule has 0 amide bonds. The number of methoxy groups -OCH3 is 1. The lowest BCUT2D eigenvalue weighted by Gasteiger charge is -2.39. The first-order chi connectivity index (χ1) is 8.70. The van der Waals surface area contributed by atoms with Gasteiger partial charge in [-0.3, -0.25) is 9.69 Å². The molecule has 98 valence electrons. The third-order valence-electron chi connectivity index (χ3n) is 3.44. The molecule has 4 nitrogen and oxygen atoms in total. The summed E-state index contributed by atoms with van der Waals surface area (Å²) in [4.78, 5) is 16.0. The van der Waals surface area contributed by atoms with Crippen LogP contribution in [0.2, 0.25) is 0 Å². The van der Waals surface area contributed by atoms with E-state index < -0.39 is 0 Å². The van der Waals surface area contributed by atoms with Crippen molar-refractivity contribution < 1.29 is 9.53 Å². The van der Waals surface area contributed by atoms with Crippen molar-refractivity contribution in [1.29, 1.82) is 0 Å². The molecule has 1 atom stereocenters. The highest BCUT2D eigenvalue weighted by atomic mass is 16.5. The maximum absolute atomic E-state index is 11.5. The van der Waals surface area contributed by atoms with Gasteiger partial charge in [-0.05, 0) is 12.6 Å². The monoisotopic (exact) mass is 248 g/mol. The number of rotatable bonds is 3. The van der Waals surface area contributed by atoms with Gasteiger partial charge in [0.25, 0.3) is 0 Å². The quantitative estimate of drug-likeness (QED) is 0.751. The molecule has 2 rings (SSSR count). The van der Waals surface area contributed by atoms with Crippen molar-refractivity contribution in [3.63, 3.8) is 0 Å². The minimum absolute atomic E-state index is 0.166. The number of esters is 1. The second-order valence-electron chi connectivity index (χ2n) is 4.74. The van der Waals surface area contributed by atoms with Crippen LogP contribution in [0, 0.1) is 0 Å². The van der Waals surface area contributed by atoms with Crippen LogP contribution in [0.3, 0.4) is 0 Å². The molecule has 0 aliphatic carbocycles. The number of hydrogen-bond donors (Lipinski definition) is 0. The van der Waals surface area contributed by atoms with Gasteiger partial charge in [0.15, 0.2) is 0 Å². The Morgan fingerprint density at radius 2 is 2.06 bits per heavy atom. The van der Waals surface area contributed by atoms with E-state index in [1.54, 1.807) is 0 Å². The van der Waals surface area contributed by atoms with Gasteiger partial charge in [-0.25, -0.2) is 0 Å². The maximum Gasteiger partial charge on any atom is 0.319 e. The summed E-state index contributed by atoms with van der Waals surface area (Å²) < 4.78 is 4.77. The van der Waals surface area contributed by atoms with Crippen LogP contribution >= 0.6 is 0 Å². The highest BCUT2D eigenvalue weighted by Gasteiger charge is 2.27. The van der Waals surface area contributed by atoms with Gasteiger partial charge >= 0.3 is 5.97 Å². The summed E-state index contributed by atoms with van der Waals surface area (Å²) in [5.41, 5.74) is 1.26. The standard InChI is InChI=1S/C14H20N2O2/c1-15-8-9-16(11-14(17)18-2)13(10-15)12-6-4-3-5-7-12/h3-7,13H,8-11H2,1-2H3. The van der Waals surface area contributed by atoms with E-state index in [0.29, 0.717) is 6.54 Å². The Morgan fingerprint density at radius 3 is 2.72 bits per heavy atom. The maximum atomic E-state index is 11.5. The average molecular weight is 248 g/mol. The molecule has 0 saturated carbocycles. The van der Waals surface area contributed by atoms with E-state index in [2.05, 4.69) is 29.0 Å². The number of carbonyl (C=O) groups excluding carboxylic acids is 1. The second-order valence-corrected chi connectivity index (χ2v) is 4.74. The molecular formula is C14H20N2O2. The van der Waals surface area contributed by atoms with E-state index in [1.165, 1.54) is 12.7 Å². The number of piperazine rings is 1. The van der Waals surface area contributed by atoms with E-state index in [0.717, 1.165) is 19.6 Å². The van der Waals surface area contributed by atoms with Crippen LogP contribution in [0.15, 0.2) is 30.3 Å². The first-order valence-electron chi connectivity index (χ1n) is 6.25. The molecule has 1 aliphatic heterocycles. The molecule has 1 unspecified atom stereocenters. The summed E-state index contributed by atoms with van der Waals surface area (Å²) in [6.45, 7) is 3.19.